The summed E-state index contributed by atoms with van der Waals surface area (Å²) in [5, 5.41) is 15.5. The molecule has 1 N–H and O–H groups in total. The maximum absolute atomic E-state index is 13.1. The van der Waals surface area contributed by atoms with Crippen LogP contribution in [0.1, 0.15) is 38.4 Å². The maximum atomic E-state index is 13.1. The lowest BCUT2D eigenvalue weighted by Gasteiger charge is -2.22. The summed E-state index contributed by atoms with van der Waals surface area (Å²) < 4.78 is 13.1. The molecule has 27 heavy (non-hydrogen) atoms. The zero-order chi connectivity index (χ0) is 19.4. The fourth-order valence-corrected chi connectivity index (χ4v) is 2.85. The average Bonchev–Trinajstić information content (AvgIpc) is 3.12. The van der Waals surface area contributed by atoms with Crippen molar-refractivity contribution in [3.05, 3.63) is 66.0 Å². The van der Waals surface area contributed by atoms with E-state index in [4.69, 9.17) is 0 Å². The predicted octanol–water partition coefficient (Wildman–Crippen LogP) is 3.55. The van der Waals surface area contributed by atoms with E-state index in [1.54, 1.807) is 12.1 Å². The summed E-state index contributed by atoms with van der Waals surface area (Å²) in [5.74, 6) is -0.0831. The first kappa shape index (κ1) is 18.7. The van der Waals surface area contributed by atoms with Gasteiger partial charge < -0.3 is 5.32 Å². The molecule has 0 spiro atoms. The minimum absolute atomic E-state index is 0.0387. The van der Waals surface area contributed by atoms with Crippen molar-refractivity contribution in [3.8, 4) is 11.4 Å². The first-order chi connectivity index (χ1) is 13.0. The van der Waals surface area contributed by atoms with Crippen molar-refractivity contribution in [1.82, 2.24) is 25.5 Å². The number of benzene rings is 2. The molecule has 6 nitrogen and oxygen atoms in total. The van der Waals surface area contributed by atoms with Gasteiger partial charge in [-0.1, -0.05) is 56.3 Å². The SMILES string of the molecule is CC(NC(=O)C(C(C)C)n1nnc(-c2ccccc2)n1)c1ccc(F)cc1. The Labute approximate surface area is 157 Å². The molecule has 1 amide bonds. The van der Waals surface area contributed by atoms with E-state index in [1.165, 1.54) is 16.9 Å². The molecule has 2 atom stereocenters. The predicted molar refractivity (Wildman–Crippen MR) is 100 cm³/mol. The molecule has 0 fully saturated rings. The van der Waals surface area contributed by atoms with Crippen LogP contribution in [0.5, 0.6) is 0 Å². The van der Waals surface area contributed by atoms with Crippen molar-refractivity contribution in [2.75, 3.05) is 0 Å². The van der Waals surface area contributed by atoms with Crippen LogP contribution in [-0.2, 0) is 4.79 Å². The number of carbonyl (C=O) groups excluding carboxylic acids is 1. The molecule has 1 aromatic heterocycles. The Bertz CT molecular complexity index is 892. The van der Waals surface area contributed by atoms with Crippen LogP contribution in [0, 0.1) is 11.7 Å². The van der Waals surface area contributed by atoms with Gasteiger partial charge in [-0.2, -0.15) is 4.80 Å². The molecule has 2 aromatic carbocycles. The van der Waals surface area contributed by atoms with Crippen LogP contribution in [0.25, 0.3) is 11.4 Å². The number of hydrogen-bond acceptors (Lipinski definition) is 4. The Morgan fingerprint density at radius 2 is 1.70 bits per heavy atom. The van der Waals surface area contributed by atoms with Crippen molar-refractivity contribution in [1.29, 1.82) is 0 Å². The van der Waals surface area contributed by atoms with Gasteiger partial charge >= 0.3 is 0 Å². The highest BCUT2D eigenvalue weighted by molar-refractivity contribution is 5.80. The minimum Gasteiger partial charge on any atom is -0.348 e. The fraction of sp³-hybridized carbons (Fsp3) is 0.300. The molecule has 0 aliphatic heterocycles. The monoisotopic (exact) mass is 367 g/mol. The van der Waals surface area contributed by atoms with Gasteiger partial charge in [0.2, 0.25) is 11.7 Å². The smallest absolute Gasteiger partial charge is 0.247 e. The van der Waals surface area contributed by atoms with Crippen LogP contribution < -0.4 is 5.32 Å². The van der Waals surface area contributed by atoms with Crippen LogP contribution >= 0.6 is 0 Å². The summed E-state index contributed by atoms with van der Waals surface area (Å²) in [6, 6.07) is 14.7. The highest BCUT2D eigenvalue weighted by Crippen LogP contribution is 2.21. The fourth-order valence-electron chi connectivity index (χ4n) is 2.85. The Hall–Kier alpha value is -3.09. The van der Waals surface area contributed by atoms with Gasteiger partial charge in [0.05, 0.1) is 6.04 Å². The van der Waals surface area contributed by atoms with Gasteiger partial charge in [0.1, 0.15) is 5.82 Å². The third-order valence-electron chi connectivity index (χ3n) is 4.34. The molecule has 0 saturated heterocycles. The van der Waals surface area contributed by atoms with E-state index in [0.717, 1.165) is 11.1 Å². The average molecular weight is 367 g/mol. The van der Waals surface area contributed by atoms with Gasteiger partial charge in [-0.15, -0.1) is 10.2 Å². The second-order valence-electron chi connectivity index (χ2n) is 6.77. The van der Waals surface area contributed by atoms with Gasteiger partial charge in [-0.05, 0) is 35.8 Å². The summed E-state index contributed by atoms with van der Waals surface area (Å²) in [4.78, 5) is 14.2. The molecular formula is C20H22FN5O. The van der Waals surface area contributed by atoms with Crippen LogP contribution in [0.15, 0.2) is 54.6 Å². The standard InChI is InChI=1S/C20H22FN5O/c1-13(2)18(20(27)22-14(3)15-9-11-17(21)12-10-15)26-24-19(23-25-26)16-7-5-4-6-8-16/h4-14,18H,1-3H3,(H,22,27). The first-order valence-corrected chi connectivity index (χ1v) is 8.86. The molecule has 0 saturated carbocycles. The number of nitrogens with one attached hydrogen (secondary N) is 1. The molecule has 3 rings (SSSR count). The number of tetrazole rings is 1. The van der Waals surface area contributed by atoms with E-state index in [2.05, 4.69) is 20.7 Å². The highest BCUT2D eigenvalue weighted by Gasteiger charge is 2.28. The zero-order valence-electron chi connectivity index (χ0n) is 15.5. The Morgan fingerprint density at radius 1 is 1.04 bits per heavy atom. The summed E-state index contributed by atoms with van der Waals surface area (Å²) in [6.07, 6.45) is 0. The molecule has 0 bridgehead atoms. The van der Waals surface area contributed by atoms with Crippen LogP contribution in [-0.4, -0.2) is 26.1 Å². The summed E-state index contributed by atoms with van der Waals surface area (Å²) in [7, 11) is 0. The topological polar surface area (TPSA) is 72.7 Å². The van der Waals surface area contributed by atoms with Gasteiger partial charge in [0.15, 0.2) is 6.04 Å². The van der Waals surface area contributed by atoms with Crippen LogP contribution in [0.2, 0.25) is 0 Å². The third kappa shape index (κ3) is 4.36. The Morgan fingerprint density at radius 3 is 2.33 bits per heavy atom. The van der Waals surface area contributed by atoms with Crippen molar-refractivity contribution in [2.24, 2.45) is 5.92 Å². The van der Waals surface area contributed by atoms with Crippen molar-refractivity contribution in [3.63, 3.8) is 0 Å². The summed E-state index contributed by atoms with van der Waals surface area (Å²) >= 11 is 0. The zero-order valence-corrected chi connectivity index (χ0v) is 15.5. The molecule has 0 aliphatic rings. The van der Waals surface area contributed by atoms with E-state index in [1.807, 2.05) is 51.1 Å². The molecule has 0 aliphatic carbocycles. The number of amides is 1. The Balaban J connectivity index is 1.78. The minimum atomic E-state index is -0.599. The lowest BCUT2D eigenvalue weighted by molar-refractivity contribution is -0.127. The Kier molecular flexibility index (Phi) is 5.59. The van der Waals surface area contributed by atoms with E-state index in [0.29, 0.717) is 5.82 Å². The van der Waals surface area contributed by atoms with Gasteiger partial charge in [0.25, 0.3) is 0 Å². The second kappa shape index (κ2) is 8.07. The lowest BCUT2D eigenvalue weighted by atomic mass is 10.0. The second-order valence-corrected chi connectivity index (χ2v) is 6.77. The maximum Gasteiger partial charge on any atom is 0.247 e. The molecular weight excluding hydrogens is 345 g/mol. The van der Waals surface area contributed by atoms with Crippen molar-refractivity contribution < 1.29 is 9.18 Å². The van der Waals surface area contributed by atoms with Crippen LogP contribution in [0.4, 0.5) is 4.39 Å². The van der Waals surface area contributed by atoms with Crippen LogP contribution in [0.3, 0.4) is 0 Å². The van der Waals surface area contributed by atoms with E-state index < -0.39 is 6.04 Å². The first-order valence-electron chi connectivity index (χ1n) is 8.86. The molecule has 1 heterocycles. The third-order valence-corrected chi connectivity index (χ3v) is 4.34. The highest BCUT2D eigenvalue weighted by atomic mass is 19.1. The number of aromatic nitrogens is 4. The number of carbonyl (C=O) groups is 1. The summed E-state index contributed by atoms with van der Waals surface area (Å²) in [6.45, 7) is 5.71. The number of rotatable bonds is 6. The number of hydrogen-bond donors (Lipinski definition) is 1. The molecule has 7 heteroatoms. The van der Waals surface area contributed by atoms with Gasteiger partial charge in [0, 0.05) is 5.56 Å². The van der Waals surface area contributed by atoms with Crippen molar-refractivity contribution in [2.45, 2.75) is 32.9 Å². The van der Waals surface area contributed by atoms with Gasteiger partial charge in [-0.3, -0.25) is 4.79 Å². The quantitative estimate of drug-likeness (QED) is 0.723. The molecule has 3 aromatic rings. The number of halogens is 1. The van der Waals surface area contributed by atoms with Gasteiger partial charge in [-0.25, -0.2) is 4.39 Å². The molecule has 2 unspecified atom stereocenters. The molecule has 140 valence electrons. The van der Waals surface area contributed by atoms with E-state index >= 15 is 0 Å². The lowest BCUT2D eigenvalue weighted by Crippen LogP contribution is -2.38. The van der Waals surface area contributed by atoms with E-state index in [-0.39, 0.29) is 23.7 Å². The van der Waals surface area contributed by atoms with Crippen molar-refractivity contribution >= 4 is 5.91 Å². The molecule has 0 radical (unpaired) electrons. The summed E-state index contributed by atoms with van der Waals surface area (Å²) in [5.41, 5.74) is 1.66. The van der Waals surface area contributed by atoms with E-state index in [9.17, 15) is 9.18 Å². The number of nitrogens with zero attached hydrogens (tertiary/aromatic N) is 4. The normalized spacial score (nSPS) is 13.4. The largest absolute Gasteiger partial charge is 0.348 e.